The molecule has 0 N–H and O–H groups in total. The van der Waals surface area contributed by atoms with E-state index < -0.39 is 0 Å². The van der Waals surface area contributed by atoms with E-state index >= 15 is 0 Å². The van der Waals surface area contributed by atoms with E-state index in [-0.39, 0.29) is 5.41 Å². The fourth-order valence-corrected chi connectivity index (χ4v) is 4.16. The van der Waals surface area contributed by atoms with Gasteiger partial charge < -0.3 is 0 Å². The fourth-order valence-electron chi connectivity index (χ4n) is 2.27. The third-order valence-corrected chi connectivity index (χ3v) is 5.93. The van der Waals surface area contributed by atoms with E-state index in [0.29, 0.717) is 11.8 Å². The molecule has 20 heavy (non-hydrogen) atoms. The van der Waals surface area contributed by atoms with Crippen molar-refractivity contribution in [2.75, 3.05) is 11.8 Å². The van der Waals surface area contributed by atoms with Crippen LogP contribution in [0, 0.1) is 0 Å². The SMILES string of the molecule is ClCC(CCl)(Cc1ccccc1Br)c1ccccc1Br. The first-order chi connectivity index (χ1) is 9.63. The monoisotopic (exact) mass is 434 g/mol. The van der Waals surface area contributed by atoms with Gasteiger partial charge in [0.15, 0.2) is 0 Å². The van der Waals surface area contributed by atoms with Crippen LogP contribution in [0.3, 0.4) is 0 Å². The molecule has 0 unspecified atom stereocenters. The molecule has 0 aliphatic heterocycles. The minimum absolute atomic E-state index is 0.285. The Labute approximate surface area is 146 Å². The number of rotatable bonds is 5. The molecule has 0 bridgehead atoms. The Morgan fingerprint density at radius 3 is 1.90 bits per heavy atom. The molecule has 0 amide bonds. The molecule has 0 aliphatic carbocycles. The maximum Gasteiger partial charge on any atom is 0.0335 e. The first-order valence-electron chi connectivity index (χ1n) is 6.23. The Bertz CT molecular complexity index is 580. The van der Waals surface area contributed by atoms with Gasteiger partial charge in [0.25, 0.3) is 0 Å². The number of benzene rings is 2. The highest BCUT2D eigenvalue weighted by Gasteiger charge is 2.33. The molecular weight excluding hydrogens is 423 g/mol. The summed E-state index contributed by atoms with van der Waals surface area (Å²) in [4.78, 5) is 0. The van der Waals surface area contributed by atoms with Crippen LogP contribution in [-0.2, 0) is 11.8 Å². The van der Waals surface area contributed by atoms with Gasteiger partial charge >= 0.3 is 0 Å². The molecule has 0 aromatic heterocycles. The van der Waals surface area contributed by atoms with E-state index in [2.05, 4.69) is 44.0 Å². The Morgan fingerprint density at radius 2 is 1.35 bits per heavy atom. The van der Waals surface area contributed by atoms with Crippen LogP contribution in [0.2, 0.25) is 0 Å². The maximum atomic E-state index is 6.31. The quantitative estimate of drug-likeness (QED) is 0.491. The normalized spacial score (nSPS) is 11.6. The van der Waals surface area contributed by atoms with Gasteiger partial charge in [-0.05, 0) is 29.7 Å². The summed E-state index contributed by atoms with van der Waals surface area (Å²) in [5, 5.41) is 0. The molecule has 106 valence electrons. The first kappa shape index (κ1) is 16.4. The molecule has 4 heteroatoms. The Balaban J connectivity index is 2.46. The van der Waals surface area contributed by atoms with Crippen LogP contribution in [0.1, 0.15) is 11.1 Å². The highest BCUT2D eigenvalue weighted by molar-refractivity contribution is 9.10. The highest BCUT2D eigenvalue weighted by atomic mass is 79.9. The van der Waals surface area contributed by atoms with Gasteiger partial charge in [-0.3, -0.25) is 0 Å². The largest absolute Gasteiger partial charge is 0.126 e. The van der Waals surface area contributed by atoms with Crippen LogP contribution < -0.4 is 0 Å². The number of hydrogen-bond acceptors (Lipinski definition) is 0. The Hall–Kier alpha value is -0.0200. The summed E-state index contributed by atoms with van der Waals surface area (Å²) in [6.07, 6.45) is 0.796. The van der Waals surface area contributed by atoms with Gasteiger partial charge in [-0.15, -0.1) is 23.2 Å². The summed E-state index contributed by atoms with van der Waals surface area (Å²) in [5.41, 5.74) is 2.08. The summed E-state index contributed by atoms with van der Waals surface area (Å²) < 4.78 is 2.14. The summed E-state index contributed by atoms with van der Waals surface area (Å²) in [5.74, 6) is 0.945. The molecule has 0 spiro atoms. The lowest BCUT2D eigenvalue weighted by Gasteiger charge is -2.31. The van der Waals surface area contributed by atoms with Crippen molar-refractivity contribution in [1.82, 2.24) is 0 Å². The van der Waals surface area contributed by atoms with Crippen molar-refractivity contribution in [3.05, 3.63) is 68.6 Å². The zero-order valence-corrected chi connectivity index (χ0v) is 15.4. The standard InChI is InChI=1S/C16H14Br2Cl2/c17-14-7-3-1-5-12(14)9-16(10-19,11-20)13-6-2-4-8-15(13)18/h1-8H,9-11H2. The second-order valence-corrected chi connectivity index (χ2v) is 7.04. The average Bonchev–Trinajstić information content (AvgIpc) is 2.48. The van der Waals surface area contributed by atoms with Crippen LogP contribution >= 0.6 is 55.1 Å². The van der Waals surface area contributed by atoms with Crippen molar-refractivity contribution in [2.24, 2.45) is 0 Å². The van der Waals surface area contributed by atoms with Crippen LogP contribution in [0.25, 0.3) is 0 Å². The van der Waals surface area contributed by atoms with Crippen molar-refractivity contribution >= 4 is 55.1 Å². The van der Waals surface area contributed by atoms with Crippen molar-refractivity contribution in [2.45, 2.75) is 11.8 Å². The molecule has 0 saturated heterocycles. The van der Waals surface area contributed by atoms with E-state index in [1.165, 1.54) is 5.56 Å². The number of alkyl halides is 2. The molecule has 0 heterocycles. The lowest BCUT2D eigenvalue weighted by Crippen LogP contribution is -2.34. The van der Waals surface area contributed by atoms with E-state index in [9.17, 15) is 0 Å². The molecule has 0 atom stereocenters. The molecule has 2 aromatic rings. The predicted molar refractivity (Wildman–Crippen MR) is 95.1 cm³/mol. The van der Waals surface area contributed by atoms with Crippen LogP contribution in [0.5, 0.6) is 0 Å². The third-order valence-electron chi connectivity index (χ3n) is 3.44. The van der Waals surface area contributed by atoms with Gasteiger partial charge in [-0.2, -0.15) is 0 Å². The lowest BCUT2D eigenvalue weighted by atomic mass is 9.79. The van der Waals surface area contributed by atoms with Gasteiger partial charge in [-0.1, -0.05) is 68.3 Å². The smallest absolute Gasteiger partial charge is 0.0335 e. The van der Waals surface area contributed by atoms with E-state index in [1.54, 1.807) is 0 Å². The van der Waals surface area contributed by atoms with Crippen LogP contribution in [0.4, 0.5) is 0 Å². The summed E-state index contributed by atoms with van der Waals surface area (Å²) in [6, 6.07) is 16.3. The van der Waals surface area contributed by atoms with E-state index in [4.69, 9.17) is 23.2 Å². The minimum Gasteiger partial charge on any atom is -0.126 e. The summed E-state index contributed by atoms with van der Waals surface area (Å²) in [7, 11) is 0. The van der Waals surface area contributed by atoms with Crippen molar-refractivity contribution in [3.8, 4) is 0 Å². The molecule has 0 fully saturated rings. The van der Waals surface area contributed by atoms with Gasteiger partial charge in [0, 0.05) is 26.1 Å². The second-order valence-electron chi connectivity index (χ2n) is 4.80. The molecular formula is C16H14Br2Cl2. The second kappa shape index (κ2) is 7.31. The third kappa shape index (κ3) is 3.41. The number of hydrogen-bond donors (Lipinski definition) is 0. The van der Waals surface area contributed by atoms with Gasteiger partial charge in [0.1, 0.15) is 0 Å². The molecule has 0 saturated carbocycles. The zero-order valence-electron chi connectivity index (χ0n) is 10.8. The van der Waals surface area contributed by atoms with Gasteiger partial charge in [0.2, 0.25) is 0 Å². The van der Waals surface area contributed by atoms with E-state index in [0.717, 1.165) is 20.9 Å². The number of halogens is 4. The summed E-state index contributed by atoms with van der Waals surface area (Å²) in [6.45, 7) is 0. The van der Waals surface area contributed by atoms with Crippen molar-refractivity contribution < 1.29 is 0 Å². The predicted octanol–water partition coefficient (Wildman–Crippen LogP) is 6.17. The highest BCUT2D eigenvalue weighted by Crippen LogP contribution is 2.37. The van der Waals surface area contributed by atoms with Crippen LogP contribution in [0.15, 0.2) is 57.5 Å². The molecule has 0 radical (unpaired) electrons. The average molecular weight is 437 g/mol. The summed E-state index contributed by atoms with van der Waals surface area (Å²) >= 11 is 19.8. The maximum absolute atomic E-state index is 6.31. The molecule has 2 aromatic carbocycles. The topological polar surface area (TPSA) is 0 Å². The van der Waals surface area contributed by atoms with Gasteiger partial charge in [-0.25, -0.2) is 0 Å². The van der Waals surface area contributed by atoms with Crippen molar-refractivity contribution in [1.29, 1.82) is 0 Å². The van der Waals surface area contributed by atoms with Crippen molar-refractivity contribution in [3.63, 3.8) is 0 Å². The molecule has 2 rings (SSSR count). The Morgan fingerprint density at radius 1 is 0.800 bits per heavy atom. The van der Waals surface area contributed by atoms with Crippen LogP contribution in [-0.4, -0.2) is 11.8 Å². The van der Waals surface area contributed by atoms with Gasteiger partial charge in [0.05, 0.1) is 0 Å². The lowest BCUT2D eigenvalue weighted by molar-refractivity contribution is 0.533. The first-order valence-corrected chi connectivity index (χ1v) is 8.89. The van der Waals surface area contributed by atoms with E-state index in [1.807, 2.05) is 36.4 Å². The molecule has 0 aliphatic rings. The molecule has 0 nitrogen and oxygen atoms in total. The zero-order chi connectivity index (χ0) is 14.6. The minimum atomic E-state index is -0.285. The fraction of sp³-hybridized carbons (Fsp3) is 0.250. The Kier molecular flexibility index (Phi) is 5.97.